The third-order valence-corrected chi connectivity index (χ3v) is 2.85. The predicted molar refractivity (Wildman–Crippen MR) is 77.0 cm³/mol. The summed E-state index contributed by atoms with van der Waals surface area (Å²) in [6.45, 7) is 2.81. The molecule has 0 aliphatic carbocycles. The summed E-state index contributed by atoms with van der Waals surface area (Å²) < 4.78 is 1.90. The van der Waals surface area contributed by atoms with E-state index in [1.54, 1.807) is 12.4 Å². The van der Waals surface area contributed by atoms with Crippen LogP contribution in [0, 0.1) is 0 Å². The molecule has 0 atom stereocenters. The van der Waals surface area contributed by atoms with Crippen molar-refractivity contribution in [2.24, 2.45) is 12.9 Å². The van der Waals surface area contributed by atoms with Crippen molar-refractivity contribution in [2.45, 2.75) is 26.2 Å². The van der Waals surface area contributed by atoms with Gasteiger partial charge in [-0.3, -0.25) is 0 Å². The molecule has 0 amide bonds. The minimum Gasteiger partial charge on any atom is -0.369 e. The Balaban J connectivity index is 1.97. The van der Waals surface area contributed by atoms with Crippen molar-refractivity contribution >= 4 is 11.6 Å². The lowest BCUT2D eigenvalue weighted by molar-refractivity contribution is 0.784. The van der Waals surface area contributed by atoms with Gasteiger partial charge in [-0.2, -0.15) is 0 Å². The molecule has 8 heteroatoms. The van der Waals surface area contributed by atoms with Crippen LogP contribution in [-0.2, 0) is 19.9 Å². The highest BCUT2D eigenvalue weighted by Gasteiger charge is 2.04. The lowest BCUT2D eigenvalue weighted by Crippen LogP contribution is -2.14. The molecule has 0 saturated carbocycles. The number of anilines is 2. The fourth-order valence-electron chi connectivity index (χ4n) is 1.83. The van der Waals surface area contributed by atoms with E-state index in [-0.39, 0.29) is 0 Å². The molecule has 108 valence electrons. The molecule has 0 aliphatic heterocycles. The van der Waals surface area contributed by atoms with E-state index in [0.29, 0.717) is 5.82 Å². The minimum absolute atomic E-state index is 0.615. The van der Waals surface area contributed by atoms with Gasteiger partial charge >= 0.3 is 0 Å². The molecule has 0 aromatic carbocycles. The Bertz CT molecular complexity index is 550. The van der Waals surface area contributed by atoms with E-state index in [0.717, 1.165) is 43.3 Å². The summed E-state index contributed by atoms with van der Waals surface area (Å²) in [7, 11) is 1.93. The zero-order chi connectivity index (χ0) is 14.4. The second-order valence-corrected chi connectivity index (χ2v) is 4.48. The van der Waals surface area contributed by atoms with Crippen molar-refractivity contribution in [1.29, 1.82) is 0 Å². The summed E-state index contributed by atoms with van der Waals surface area (Å²) in [5.74, 6) is 8.51. The Labute approximate surface area is 117 Å². The topological polar surface area (TPSA) is 107 Å². The fourth-order valence-corrected chi connectivity index (χ4v) is 1.83. The van der Waals surface area contributed by atoms with Crippen LogP contribution in [-0.4, -0.2) is 31.3 Å². The van der Waals surface area contributed by atoms with Crippen LogP contribution < -0.4 is 16.6 Å². The first-order chi connectivity index (χ1) is 9.72. The highest BCUT2D eigenvalue weighted by molar-refractivity contribution is 5.46. The minimum atomic E-state index is 0.615. The van der Waals surface area contributed by atoms with E-state index >= 15 is 0 Å². The molecule has 2 heterocycles. The normalized spacial score (nSPS) is 10.6. The summed E-state index contributed by atoms with van der Waals surface area (Å²) in [5, 5.41) is 11.1. The summed E-state index contributed by atoms with van der Waals surface area (Å²) in [5.41, 5.74) is 2.56. The Kier molecular flexibility index (Phi) is 4.83. The number of nitrogens with one attached hydrogen (secondary N) is 2. The van der Waals surface area contributed by atoms with Crippen molar-refractivity contribution in [3.8, 4) is 0 Å². The molecule has 20 heavy (non-hydrogen) atoms. The number of hydrogen-bond acceptors (Lipinski definition) is 7. The first-order valence-corrected chi connectivity index (χ1v) is 6.64. The van der Waals surface area contributed by atoms with Crippen molar-refractivity contribution in [3.05, 3.63) is 24.0 Å². The molecule has 2 rings (SSSR count). The monoisotopic (exact) mass is 276 g/mol. The van der Waals surface area contributed by atoms with Gasteiger partial charge in [0, 0.05) is 32.5 Å². The van der Waals surface area contributed by atoms with Gasteiger partial charge in [0.15, 0.2) is 0 Å². The quantitative estimate of drug-likeness (QED) is 0.499. The van der Waals surface area contributed by atoms with Crippen LogP contribution >= 0.6 is 0 Å². The largest absolute Gasteiger partial charge is 0.369 e. The van der Waals surface area contributed by atoms with Crippen LogP contribution in [0.2, 0.25) is 0 Å². The summed E-state index contributed by atoms with van der Waals surface area (Å²) in [6.07, 6.45) is 4.28. The van der Waals surface area contributed by atoms with Crippen molar-refractivity contribution in [3.63, 3.8) is 0 Å². The number of aromatic nitrogens is 5. The summed E-state index contributed by atoms with van der Waals surface area (Å²) in [6, 6.07) is 1.79. The van der Waals surface area contributed by atoms with Gasteiger partial charge in [0.05, 0.1) is 0 Å². The lowest BCUT2D eigenvalue weighted by Gasteiger charge is -2.09. The van der Waals surface area contributed by atoms with Crippen LogP contribution in [0.15, 0.2) is 12.4 Å². The summed E-state index contributed by atoms with van der Waals surface area (Å²) >= 11 is 0. The van der Waals surface area contributed by atoms with Gasteiger partial charge in [0.25, 0.3) is 0 Å². The van der Waals surface area contributed by atoms with Crippen molar-refractivity contribution < 1.29 is 0 Å². The highest BCUT2D eigenvalue weighted by atomic mass is 15.3. The molecule has 4 N–H and O–H groups in total. The van der Waals surface area contributed by atoms with Crippen LogP contribution in [0.4, 0.5) is 11.6 Å². The number of nitrogens with two attached hydrogens (primary N) is 1. The van der Waals surface area contributed by atoms with Crippen LogP contribution in [0.5, 0.6) is 0 Å². The van der Waals surface area contributed by atoms with Crippen LogP contribution in [0.3, 0.4) is 0 Å². The fraction of sp³-hybridized carbons (Fsp3) is 0.500. The first kappa shape index (κ1) is 14.2. The van der Waals surface area contributed by atoms with E-state index in [1.165, 1.54) is 0 Å². The van der Waals surface area contributed by atoms with E-state index in [1.807, 2.05) is 11.6 Å². The van der Waals surface area contributed by atoms with Crippen LogP contribution in [0.1, 0.15) is 25.0 Å². The molecule has 0 aliphatic rings. The number of nitrogen functional groups attached to an aromatic ring is 1. The smallest absolute Gasteiger partial charge is 0.145 e. The molecule has 0 bridgehead atoms. The van der Waals surface area contributed by atoms with Gasteiger partial charge in [-0.25, -0.2) is 15.8 Å². The maximum absolute atomic E-state index is 5.42. The molecule has 0 spiro atoms. The van der Waals surface area contributed by atoms with Gasteiger partial charge in [-0.05, 0) is 6.42 Å². The third kappa shape index (κ3) is 3.64. The second kappa shape index (κ2) is 6.80. The van der Waals surface area contributed by atoms with Gasteiger partial charge in [0.2, 0.25) is 0 Å². The Morgan fingerprint density at radius 3 is 2.70 bits per heavy atom. The number of rotatable bonds is 7. The van der Waals surface area contributed by atoms with E-state index in [4.69, 9.17) is 5.84 Å². The van der Waals surface area contributed by atoms with E-state index in [9.17, 15) is 0 Å². The second-order valence-electron chi connectivity index (χ2n) is 4.48. The Morgan fingerprint density at radius 2 is 2.05 bits per heavy atom. The molecular formula is C12H20N8. The standard InChI is InChI=1S/C12H20N8/c1-3-4-9-16-10(7-11(17-9)18-13)14-6-5-12-19-15-8-20(12)2/h7-8H,3-6,13H2,1-2H3,(H2,14,16,17,18). The molecule has 0 fully saturated rings. The maximum atomic E-state index is 5.42. The summed E-state index contributed by atoms with van der Waals surface area (Å²) in [4.78, 5) is 8.75. The molecular weight excluding hydrogens is 256 g/mol. The average molecular weight is 276 g/mol. The number of hydrogen-bond donors (Lipinski definition) is 3. The lowest BCUT2D eigenvalue weighted by atomic mass is 10.3. The van der Waals surface area contributed by atoms with Crippen molar-refractivity contribution in [1.82, 2.24) is 24.7 Å². The van der Waals surface area contributed by atoms with E-state index in [2.05, 4.69) is 37.8 Å². The highest BCUT2D eigenvalue weighted by Crippen LogP contribution is 2.11. The Hall–Kier alpha value is -2.22. The molecule has 0 saturated heterocycles. The molecule has 0 unspecified atom stereocenters. The number of nitrogens with zero attached hydrogens (tertiary/aromatic N) is 5. The molecule has 8 nitrogen and oxygen atoms in total. The third-order valence-electron chi connectivity index (χ3n) is 2.85. The maximum Gasteiger partial charge on any atom is 0.145 e. The van der Waals surface area contributed by atoms with Crippen LogP contribution in [0.25, 0.3) is 0 Å². The molecule has 2 aromatic rings. The van der Waals surface area contributed by atoms with Gasteiger partial charge < -0.3 is 15.3 Å². The molecule has 0 radical (unpaired) electrons. The number of hydrazine groups is 1. The van der Waals surface area contributed by atoms with Gasteiger partial charge in [0.1, 0.15) is 29.6 Å². The SMILES string of the molecule is CCCc1nc(NN)cc(NCCc2nncn2C)n1. The Morgan fingerprint density at radius 1 is 1.25 bits per heavy atom. The van der Waals surface area contributed by atoms with E-state index < -0.39 is 0 Å². The van der Waals surface area contributed by atoms with Crippen molar-refractivity contribution in [2.75, 3.05) is 17.3 Å². The number of aryl methyl sites for hydroxylation is 2. The van der Waals surface area contributed by atoms with Gasteiger partial charge in [-0.1, -0.05) is 6.92 Å². The average Bonchev–Trinajstić information content (AvgIpc) is 2.84. The first-order valence-electron chi connectivity index (χ1n) is 6.64. The zero-order valence-corrected chi connectivity index (χ0v) is 11.8. The predicted octanol–water partition coefficient (Wildman–Crippen LogP) is 0.498. The van der Waals surface area contributed by atoms with Gasteiger partial charge in [-0.15, -0.1) is 10.2 Å². The molecule has 2 aromatic heterocycles. The zero-order valence-electron chi connectivity index (χ0n) is 11.8.